The van der Waals surface area contributed by atoms with Gasteiger partial charge in [-0.25, -0.2) is 0 Å². The Morgan fingerprint density at radius 1 is 1.35 bits per heavy atom. The molecule has 0 saturated heterocycles. The van der Waals surface area contributed by atoms with Gasteiger partial charge in [0.25, 0.3) is 0 Å². The first-order valence-electron chi connectivity index (χ1n) is 5.96. The van der Waals surface area contributed by atoms with Crippen LogP contribution in [0.3, 0.4) is 0 Å². The first-order valence-corrected chi connectivity index (χ1v) is 6.90. The maximum Gasteiger partial charge on any atom is 0.220 e. The number of thiophene rings is 1. The fourth-order valence-electron chi connectivity index (χ4n) is 1.70. The van der Waals surface area contributed by atoms with Gasteiger partial charge >= 0.3 is 0 Å². The maximum absolute atomic E-state index is 5.60. The Kier molecular flexibility index (Phi) is 3.20. The Labute approximate surface area is 104 Å². The topological polar surface area (TPSA) is 51.0 Å². The lowest BCUT2D eigenvalue weighted by Crippen LogP contribution is -2.19. The molecule has 1 fully saturated rings. The van der Waals surface area contributed by atoms with E-state index >= 15 is 0 Å². The number of aromatic nitrogens is 2. The zero-order valence-corrected chi connectivity index (χ0v) is 10.4. The number of hydrogen-bond acceptors (Lipinski definition) is 5. The van der Waals surface area contributed by atoms with Gasteiger partial charge in [-0.1, -0.05) is 0 Å². The fraction of sp³-hybridized carbons (Fsp3) is 0.500. The molecule has 0 aliphatic heterocycles. The predicted molar refractivity (Wildman–Crippen MR) is 66.2 cm³/mol. The van der Waals surface area contributed by atoms with Gasteiger partial charge in [-0.15, -0.1) is 10.2 Å². The van der Waals surface area contributed by atoms with Crippen LogP contribution in [0.2, 0.25) is 0 Å². The zero-order chi connectivity index (χ0) is 11.5. The third-order valence-electron chi connectivity index (χ3n) is 2.79. The van der Waals surface area contributed by atoms with Crippen molar-refractivity contribution in [3.63, 3.8) is 0 Å². The fourth-order valence-corrected chi connectivity index (χ4v) is 2.37. The molecule has 0 bridgehead atoms. The Morgan fingerprint density at radius 2 is 2.24 bits per heavy atom. The van der Waals surface area contributed by atoms with Gasteiger partial charge in [0.05, 0.1) is 6.42 Å². The first-order chi connectivity index (χ1) is 8.40. The molecular weight excluding hydrogens is 234 g/mol. The smallest absolute Gasteiger partial charge is 0.220 e. The van der Waals surface area contributed by atoms with Crippen LogP contribution in [0.25, 0.3) is 0 Å². The summed E-state index contributed by atoms with van der Waals surface area (Å²) in [5, 5.41) is 15.7. The van der Waals surface area contributed by atoms with E-state index in [1.165, 1.54) is 18.4 Å². The Balaban J connectivity index is 1.50. The van der Waals surface area contributed by atoms with Crippen molar-refractivity contribution in [2.75, 3.05) is 6.54 Å². The second-order valence-corrected chi connectivity index (χ2v) is 5.16. The predicted octanol–water partition coefficient (Wildman–Crippen LogP) is 2.02. The molecule has 1 aliphatic rings. The van der Waals surface area contributed by atoms with Crippen LogP contribution >= 0.6 is 11.3 Å². The third kappa shape index (κ3) is 3.14. The normalized spacial score (nSPS) is 15.3. The molecule has 5 heteroatoms. The molecule has 0 aromatic carbocycles. The van der Waals surface area contributed by atoms with E-state index in [2.05, 4.69) is 32.3 Å². The molecule has 1 saturated carbocycles. The standard InChI is InChI=1S/C12H15N3OS/c1-2-10(1)13-5-3-11-14-15-12(16-11)7-9-4-6-17-8-9/h4,6,8,10,13H,1-3,5,7H2. The summed E-state index contributed by atoms with van der Waals surface area (Å²) in [6, 6.07) is 2.83. The molecule has 90 valence electrons. The minimum Gasteiger partial charge on any atom is -0.425 e. The van der Waals surface area contributed by atoms with E-state index < -0.39 is 0 Å². The Morgan fingerprint density at radius 3 is 3.00 bits per heavy atom. The average molecular weight is 249 g/mol. The van der Waals surface area contributed by atoms with Crippen molar-refractivity contribution in [2.24, 2.45) is 0 Å². The van der Waals surface area contributed by atoms with E-state index in [9.17, 15) is 0 Å². The van der Waals surface area contributed by atoms with Crippen LogP contribution in [0, 0.1) is 0 Å². The van der Waals surface area contributed by atoms with Crippen LogP contribution < -0.4 is 5.32 Å². The van der Waals surface area contributed by atoms with Gasteiger partial charge in [-0.2, -0.15) is 11.3 Å². The van der Waals surface area contributed by atoms with Gasteiger partial charge in [0.15, 0.2) is 0 Å². The molecule has 3 rings (SSSR count). The SMILES string of the molecule is c1cc(Cc2nnc(CCNC3CC3)o2)cs1. The number of hydrogen-bond donors (Lipinski definition) is 1. The lowest BCUT2D eigenvalue weighted by Gasteiger charge is -1.97. The van der Waals surface area contributed by atoms with Crippen LogP contribution in [0.4, 0.5) is 0 Å². The molecule has 0 amide bonds. The van der Waals surface area contributed by atoms with Crippen molar-refractivity contribution in [1.82, 2.24) is 15.5 Å². The van der Waals surface area contributed by atoms with Crippen LogP contribution in [0.15, 0.2) is 21.2 Å². The highest BCUT2D eigenvalue weighted by Crippen LogP contribution is 2.18. The lowest BCUT2D eigenvalue weighted by atomic mass is 10.2. The quantitative estimate of drug-likeness (QED) is 0.851. The lowest BCUT2D eigenvalue weighted by molar-refractivity contribution is 0.451. The van der Waals surface area contributed by atoms with Crippen molar-refractivity contribution in [2.45, 2.75) is 31.7 Å². The van der Waals surface area contributed by atoms with Gasteiger partial charge in [0.2, 0.25) is 11.8 Å². The number of nitrogens with one attached hydrogen (secondary N) is 1. The first kappa shape index (κ1) is 10.9. The van der Waals surface area contributed by atoms with Gasteiger partial charge in [0, 0.05) is 19.0 Å². The minimum atomic E-state index is 0.713. The molecule has 0 unspecified atom stereocenters. The van der Waals surface area contributed by atoms with Crippen LogP contribution in [0.5, 0.6) is 0 Å². The molecule has 2 heterocycles. The second kappa shape index (κ2) is 4.98. The summed E-state index contributed by atoms with van der Waals surface area (Å²) in [6.07, 6.45) is 4.19. The van der Waals surface area contributed by atoms with E-state index in [0.29, 0.717) is 5.89 Å². The van der Waals surface area contributed by atoms with Crippen molar-refractivity contribution >= 4 is 11.3 Å². The minimum absolute atomic E-state index is 0.713. The van der Waals surface area contributed by atoms with Gasteiger partial charge in [0.1, 0.15) is 0 Å². The molecule has 0 radical (unpaired) electrons. The molecule has 0 spiro atoms. The Hall–Kier alpha value is -1.20. The van der Waals surface area contributed by atoms with Crippen molar-refractivity contribution in [3.8, 4) is 0 Å². The summed E-state index contributed by atoms with van der Waals surface area (Å²) in [7, 11) is 0. The second-order valence-electron chi connectivity index (χ2n) is 4.38. The molecule has 17 heavy (non-hydrogen) atoms. The summed E-state index contributed by atoms with van der Waals surface area (Å²) in [5.74, 6) is 1.45. The average Bonchev–Trinajstić information content (AvgIpc) is 2.83. The molecule has 2 aromatic heterocycles. The monoisotopic (exact) mass is 249 g/mol. The van der Waals surface area contributed by atoms with E-state index in [-0.39, 0.29) is 0 Å². The summed E-state index contributed by atoms with van der Waals surface area (Å²) in [6.45, 7) is 0.935. The zero-order valence-electron chi connectivity index (χ0n) is 9.56. The van der Waals surface area contributed by atoms with Crippen LogP contribution in [-0.2, 0) is 12.8 Å². The van der Waals surface area contributed by atoms with Gasteiger partial charge in [-0.05, 0) is 35.2 Å². The molecule has 4 nitrogen and oxygen atoms in total. The van der Waals surface area contributed by atoms with Crippen molar-refractivity contribution in [3.05, 3.63) is 34.2 Å². The summed E-state index contributed by atoms with van der Waals surface area (Å²) in [5.41, 5.74) is 1.24. The highest BCUT2D eigenvalue weighted by Gasteiger charge is 2.20. The number of rotatable bonds is 6. The van der Waals surface area contributed by atoms with Crippen LogP contribution in [-0.4, -0.2) is 22.8 Å². The number of nitrogens with zero attached hydrogens (tertiary/aromatic N) is 2. The largest absolute Gasteiger partial charge is 0.425 e. The third-order valence-corrected chi connectivity index (χ3v) is 3.53. The van der Waals surface area contributed by atoms with Crippen molar-refractivity contribution in [1.29, 1.82) is 0 Å². The maximum atomic E-state index is 5.60. The van der Waals surface area contributed by atoms with Gasteiger partial charge < -0.3 is 9.73 Å². The van der Waals surface area contributed by atoms with E-state index in [4.69, 9.17) is 4.42 Å². The van der Waals surface area contributed by atoms with E-state index in [0.717, 1.165) is 31.3 Å². The summed E-state index contributed by atoms with van der Waals surface area (Å²) < 4.78 is 5.60. The molecule has 1 N–H and O–H groups in total. The Bertz CT molecular complexity index is 462. The highest BCUT2D eigenvalue weighted by molar-refractivity contribution is 7.07. The highest BCUT2D eigenvalue weighted by atomic mass is 32.1. The van der Waals surface area contributed by atoms with Gasteiger partial charge in [-0.3, -0.25) is 0 Å². The van der Waals surface area contributed by atoms with Crippen LogP contribution in [0.1, 0.15) is 30.2 Å². The summed E-state index contributed by atoms with van der Waals surface area (Å²) >= 11 is 1.69. The van der Waals surface area contributed by atoms with E-state index in [1.807, 2.05) is 0 Å². The molecular formula is C12H15N3OS. The molecule has 0 atom stereocenters. The van der Waals surface area contributed by atoms with Crippen molar-refractivity contribution < 1.29 is 4.42 Å². The summed E-state index contributed by atoms with van der Waals surface area (Å²) in [4.78, 5) is 0. The molecule has 2 aromatic rings. The van der Waals surface area contributed by atoms with E-state index in [1.54, 1.807) is 11.3 Å². The molecule has 1 aliphatic carbocycles.